The fourth-order valence-corrected chi connectivity index (χ4v) is 4.67. The molecule has 1 aliphatic rings. The number of fused-ring (bicyclic) bond motifs is 2. The molecule has 1 saturated carbocycles. The van der Waals surface area contributed by atoms with E-state index in [0.717, 1.165) is 47.4 Å². The highest BCUT2D eigenvalue weighted by Crippen LogP contribution is 2.24. The largest absolute Gasteiger partial charge is 0.329 e. The van der Waals surface area contributed by atoms with Gasteiger partial charge in [0.25, 0.3) is 0 Å². The molecule has 0 amide bonds. The first-order valence-corrected chi connectivity index (χ1v) is 13.3. The van der Waals surface area contributed by atoms with Crippen molar-refractivity contribution in [2.24, 2.45) is 5.92 Å². The molecule has 35 heavy (non-hydrogen) atoms. The molecule has 1 N–H and O–H groups in total. The molecule has 0 radical (unpaired) electrons. The number of nitrogens with zero attached hydrogens (tertiary/aromatic N) is 4. The molecule has 0 unspecified atom stereocenters. The number of benzene rings is 2. The van der Waals surface area contributed by atoms with Crippen LogP contribution in [0.15, 0.2) is 47.3 Å². The van der Waals surface area contributed by atoms with Gasteiger partial charge >= 0.3 is 5.69 Å². The number of aryl methyl sites for hydroxylation is 1. The smallest absolute Gasteiger partial charge is 0.326 e. The van der Waals surface area contributed by atoms with E-state index in [1.807, 2.05) is 47.2 Å². The van der Waals surface area contributed by atoms with Crippen molar-refractivity contribution in [3.05, 3.63) is 64.3 Å². The summed E-state index contributed by atoms with van der Waals surface area (Å²) in [4.78, 5) is 18.5. The van der Waals surface area contributed by atoms with Gasteiger partial charge in [0.2, 0.25) is 0 Å². The van der Waals surface area contributed by atoms with E-state index in [0.29, 0.717) is 18.5 Å². The van der Waals surface area contributed by atoms with Crippen molar-refractivity contribution < 1.29 is 0 Å². The van der Waals surface area contributed by atoms with E-state index in [1.165, 1.54) is 18.4 Å². The van der Waals surface area contributed by atoms with Crippen molar-refractivity contribution in [2.45, 2.75) is 92.5 Å². The number of aromatic nitrogens is 4. The highest BCUT2D eigenvalue weighted by molar-refractivity contribution is 5.78. The molecule has 2 aromatic heterocycles. The Balaban J connectivity index is 0.00000141. The zero-order valence-electron chi connectivity index (χ0n) is 22.2. The number of hydrogen-bond donors (Lipinski definition) is 1. The summed E-state index contributed by atoms with van der Waals surface area (Å²) in [6.07, 6.45) is 3.65. The monoisotopic (exact) mass is 475 g/mol. The molecule has 0 atom stereocenters. The first-order chi connectivity index (χ1) is 16.9. The molecule has 1 aliphatic carbocycles. The van der Waals surface area contributed by atoms with Gasteiger partial charge in [-0.15, -0.1) is 0 Å². The van der Waals surface area contributed by atoms with E-state index >= 15 is 0 Å². The SMILES string of the molecule is CC.CC(C)CCn1c(Cn2c(=O)n(C(C)C)c3ccccc32)nc2cc(CNC3CC3)ccc21. The van der Waals surface area contributed by atoms with Gasteiger partial charge in [-0.1, -0.05) is 45.9 Å². The summed E-state index contributed by atoms with van der Waals surface area (Å²) >= 11 is 0. The maximum absolute atomic E-state index is 13.4. The van der Waals surface area contributed by atoms with Crippen LogP contribution in [0.25, 0.3) is 22.1 Å². The number of para-hydroxylation sites is 2. The van der Waals surface area contributed by atoms with Crippen molar-refractivity contribution in [2.75, 3.05) is 0 Å². The fraction of sp³-hybridized carbons (Fsp3) is 0.517. The first-order valence-electron chi connectivity index (χ1n) is 13.3. The minimum absolute atomic E-state index is 0.0305. The molecule has 0 bridgehead atoms. The van der Waals surface area contributed by atoms with Gasteiger partial charge < -0.3 is 9.88 Å². The lowest BCUT2D eigenvalue weighted by atomic mass is 10.1. The van der Waals surface area contributed by atoms with E-state index in [2.05, 4.69) is 55.8 Å². The summed E-state index contributed by atoms with van der Waals surface area (Å²) in [5.41, 5.74) is 5.42. The molecule has 6 heteroatoms. The number of nitrogens with one attached hydrogen (secondary N) is 1. The zero-order chi connectivity index (χ0) is 25.1. The summed E-state index contributed by atoms with van der Waals surface area (Å²) in [6.45, 7) is 14.9. The van der Waals surface area contributed by atoms with Crippen molar-refractivity contribution in [3.8, 4) is 0 Å². The molecule has 5 rings (SSSR count). The van der Waals surface area contributed by atoms with Crippen LogP contribution in [0.4, 0.5) is 0 Å². The summed E-state index contributed by atoms with van der Waals surface area (Å²) in [5, 5.41) is 3.60. The Bertz CT molecular complexity index is 1340. The summed E-state index contributed by atoms with van der Waals surface area (Å²) in [6, 6.07) is 15.5. The van der Waals surface area contributed by atoms with E-state index in [-0.39, 0.29) is 11.7 Å². The molecule has 1 fully saturated rings. The van der Waals surface area contributed by atoms with Crippen molar-refractivity contribution >= 4 is 22.1 Å². The normalized spacial score (nSPS) is 13.7. The van der Waals surface area contributed by atoms with E-state index in [4.69, 9.17) is 4.98 Å². The van der Waals surface area contributed by atoms with Crippen LogP contribution in [-0.2, 0) is 19.6 Å². The van der Waals surface area contributed by atoms with Gasteiger partial charge in [-0.05, 0) is 68.9 Å². The van der Waals surface area contributed by atoms with E-state index in [1.54, 1.807) is 0 Å². The van der Waals surface area contributed by atoms with Gasteiger partial charge in [-0.2, -0.15) is 0 Å². The summed E-state index contributed by atoms with van der Waals surface area (Å²) in [5.74, 6) is 1.55. The minimum atomic E-state index is 0.0305. The van der Waals surface area contributed by atoms with Crippen molar-refractivity contribution in [1.82, 2.24) is 24.0 Å². The molecule has 4 aromatic rings. The first kappa shape index (κ1) is 25.2. The minimum Gasteiger partial charge on any atom is -0.326 e. The Morgan fingerprint density at radius 3 is 2.34 bits per heavy atom. The molecule has 188 valence electrons. The van der Waals surface area contributed by atoms with Gasteiger partial charge in [0.15, 0.2) is 0 Å². The summed E-state index contributed by atoms with van der Waals surface area (Å²) < 4.78 is 6.09. The second-order valence-electron chi connectivity index (χ2n) is 10.2. The number of hydrogen-bond acceptors (Lipinski definition) is 3. The Labute approximate surface area is 209 Å². The highest BCUT2D eigenvalue weighted by Gasteiger charge is 2.21. The van der Waals surface area contributed by atoms with Crippen LogP contribution in [0.2, 0.25) is 0 Å². The highest BCUT2D eigenvalue weighted by atomic mass is 16.1. The molecular weight excluding hydrogens is 434 g/mol. The second-order valence-corrected chi connectivity index (χ2v) is 10.2. The van der Waals surface area contributed by atoms with E-state index in [9.17, 15) is 4.79 Å². The number of imidazole rings is 2. The van der Waals surface area contributed by atoms with Crippen molar-refractivity contribution in [3.63, 3.8) is 0 Å². The predicted molar refractivity (Wildman–Crippen MR) is 146 cm³/mol. The Hall–Kier alpha value is -2.86. The van der Waals surface area contributed by atoms with Crippen LogP contribution in [0.1, 0.15) is 78.2 Å². The third kappa shape index (κ3) is 5.37. The van der Waals surface area contributed by atoms with Crippen LogP contribution in [0.3, 0.4) is 0 Å². The Kier molecular flexibility index (Phi) is 7.80. The van der Waals surface area contributed by atoms with Gasteiger partial charge in [0, 0.05) is 25.2 Å². The van der Waals surface area contributed by atoms with Crippen LogP contribution in [-0.4, -0.2) is 24.7 Å². The van der Waals surface area contributed by atoms with Crippen LogP contribution >= 0.6 is 0 Å². The Morgan fingerprint density at radius 1 is 0.971 bits per heavy atom. The molecular formula is C29H41N5O. The summed E-state index contributed by atoms with van der Waals surface area (Å²) in [7, 11) is 0. The van der Waals surface area contributed by atoms with Gasteiger partial charge in [0.05, 0.1) is 28.6 Å². The van der Waals surface area contributed by atoms with Gasteiger partial charge in [0.1, 0.15) is 5.82 Å². The molecule has 0 spiro atoms. The molecule has 6 nitrogen and oxygen atoms in total. The second kappa shape index (κ2) is 10.8. The molecule has 2 aromatic carbocycles. The quantitative estimate of drug-likeness (QED) is 0.318. The van der Waals surface area contributed by atoms with Gasteiger partial charge in [-0.25, -0.2) is 9.78 Å². The zero-order valence-corrected chi connectivity index (χ0v) is 22.2. The van der Waals surface area contributed by atoms with Crippen LogP contribution in [0.5, 0.6) is 0 Å². The lowest BCUT2D eigenvalue weighted by molar-refractivity contribution is 0.504. The molecule has 2 heterocycles. The lowest BCUT2D eigenvalue weighted by Gasteiger charge is -2.12. The van der Waals surface area contributed by atoms with Crippen molar-refractivity contribution in [1.29, 1.82) is 0 Å². The third-order valence-corrected chi connectivity index (χ3v) is 6.68. The average Bonchev–Trinajstić information content (AvgIpc) is 3.55. The van der Waals surface area contributed by atoms with Crippen LogP contribution < -0.4 is 11.0 Å². The third-order valence-electron chi connectivity index (χ3n) is 6.68. The fourth-order valence-electron chi connectivity index (χ4n) is 4.67. The van der Waals surface area contributed by atoms with Crippen LogP contribution in [0, 0.1) is 5.92 Å². The maximum Gasteiger partial charge on any atom is 0.329 e. The standard InChI is InChI=1S/C27H35N5O.C2H6/c1-18(2)13-14-30-23-12-9-20(16-28-21-10-11-21)15-22(23)29-26(30)17-31-24-7-5-6-8-25(24)32(19(3)4)27(31)33;1-2/h5-9,12,15,18-19,21,28H,10-11,13-14,16-17H2,1-4H3;1-2H3. The van der Waals surface area contributed by atoms with Gasteiger partial charge in [-0.3, -0.25) is 9.13 Å². The van der Waals surface area contributed by atoms with E-state index < -0.39 is 0 Å². The maximum atomic E-state index is 13.4. The molecule has 0 saturated heterocycles. The predicted octanol–water partition coefficient (Wildman–Crippen LogP) is 6.11. The average molecular weight is 476 g/mol. The molecule has 0 aliphatic heterocycles. The number of rotatable bonds is 9. The topological polar surface area (TPSA) is 56.8 Å². The Morgan fingerprint density at radius 2 is 1.69 bits per heavy atom. The lowest BCUT2D eigenvalue weighted by Crippen LogP contribution is -2.27.